The summed E-state index contributed by atoms with van der Waals surface area (Å²) in [7, 11) is 0. The number of nitrogens with zero attached hydrogens (tertiary/aromatic N) is 1. The summed E-state index contributed by atoms with van der Waals surface area (Å²) in [4.78, 5) is 28.5. The van der Waals surface area contributed by atoms with Gasteiger partial charge in [0.1, 0.15) is 5.52 Å². The van der Waals surface area contributed by atoms with E-state index in [2.05, 4.69) is 10.3 Å². The number of aromatic amines is 1. The van der Waals surface area contributed by atoms with Crippen molar-refractivity contribution in [2.45, 2.75) is 26.4 Å². The molecule has 36 heavy (non-hydrogen) atoms. The fraction of sp³-hybridized carbons (Fsp3) is 0.143. The first-order chi connectivity index (χ1) is 17.1. The third kappa shape index (κ3) is 3.81. The monoisotopic (exact) mass is 485 g/mol. The molecule has 5 aromatic rings. The predicted octanol–water partition coefficient (Wildman–Crippen LogP) is 5.08. The van der Waals surface area contributed by atoms with Crippen LogP contribution in [0.1, 0.15) is 35.3 Å². The molecule has 0 unspecified atom stereocenters. The lowest BCUT2D eigenvalue weighted by Crippen LogP contribution is -2.16. The molecule has 0 atom stereocenters. The standard InChI is InChI=1S/C28H24FN3O4/c1-15-17(6-5-9-20(15)30-26(34)18-7-4-8-19(29)25(18)33)22-12-13-24-27(35)31-21-14-16(28(2,3)36)10-11-23(21)32(22)24/h4-14,33,36H,1-3H3,(H,30,34)(H,31,35). The van der Waals surface area contributed by atoms with Gasteiger partial charge in [0.15, 0.2) is 11.6 Å². The van der Waals surface area contributed by atoms with Gasteiger partial charge in [0.2, 0.25) is 0 Å². The number of benzene rings is 3. The number of halogens is 1. The number of fused-ring (bicyclic) bond motifs is 3. The van der Waals surface area contributed by atoms with E-state index >= 15 is 0 Å². The minimum absolute atomic E-state index is 0.173. The van der Waals surface area contributed by atoms with Crippen molar-refractivity contribution in [1.29, 1.82) is 0 Å². The van der Waals surface area contributed by atoms with Gasteiger partial charge in [-0.15, -0.1) is 0 Å². The van der Waals surface area contributed by atoms with E-state index in [4.69, 9.17) is 0 Å². The van der Waals surface area contributed by atoms with Gasteiger partial charge in [-0.3, -0.25) is 9.59 Å². The van der Waals surface area contributed by atoms with E-state index in [1.165, 1.54) is 12.1 Å². The summed E-state index contributed by atoms with van der Waals surface area (Å²) < 4.78 is 15.6. The number of phenols is 1. The first-order valence-corrected chi connectivity index (χ1v) is 11.4. The summed E-state index contributed by atoms with van der Waals surface area (Å²) in [5.74, 6) is -2.23. The van der Waals surface area contributed by atoms with E-state index in [1.54, 1.807) is 38.1 Å². The van der Waals surface area contributed by atoms with Crippen LogP contribution in [0.5, 0.6) is 5.75 Å². The van der Waals surface area contributed by atoms with Crippen molar-refractivity contribution in [3.63, 3.8) is 0 Å². The second kappa shape index (κ2) is 8.35. The zero-order valence-corrected chi connectivity index (χ0v) is 19.9. The Hall–Kier alpha value is -4.43. The second-order valence-corrected chi connectivity index (χ2v) is 9.25. The molecule has 182 valence electrons. The highest BCUT2D eigenvalue weighted by atomic mass is 19.1. The van der Waals surface area contributed by atoms with E-state index in [9.17, 15) is 24.2 Å². The fourth-order valence-corrected chi connectivity index (χ4v) is 4.42. The number of H-pyrrole nitrogens is 1. The number of hydrogen-bond donors (Lipinski definition) is 4. The van der Waals surface area contributed by atoms with Gasteiger partial charge in [-0.05, 0) is 74.4 Å². The van der Waals surface area contributed by atoms with Gasteiger partial charge in [-0.1, -0.05) is 24.3 Å². The van der Waals surface area contributed by atoms with Gasteiger partial charge in [0.25, 0.3) is 11.5 Å². The molecule has 0 saturated carbocycles. The zero-order chi connectivity index (χ0) is 25.8. The van der Waals surface area contributed by atoms with E-state index in [1.807, 2.05) is 35.6 Å². The molecule has 5 rings (SSSR count). The molecule has 0 aliphatic heterocycles. The number of carbonyl (C=O) groups excluding carboxylic acids is 1. The van der Waals surface area contributed by atoms with E-state index in [0.717, 1.165) is 28.4 Å². The fourth-order valence-electron chi connectivity index (χ4n) is 4.42. The van der Waals surface area contributed by atoms with Crippen LogP contribution in [0.15, 0.2) is 71.5 Å². The van der Waals surface area contributed by atoms with Crippen LogP contribution in [0, 0.1) is 12.7 Å². The molecule has 7 nitrogen and oxygen atoms in total. The molecule has 4 N–H and O–H groups in total. The van der Waals surface area contributed by atoms with Crippen molar-refractivity contribution in [2.24, 2.45) is 0 Å². The molecule has 0 aliphatic carbocycles. The number of amides is 1. The summed E-state index contributed by atoms with van der Waals surface area (Å²) in [5.41, 5.74) is 3.64. The Morgan fingerprint density at radius 1 is 1.03 bits per heavy atom. The molecular formula is C28H24FN3O4. The summed E-state index contributed by atoms with van der Waals surface area (Å²) in [5, 5.41) is 23.1. The van der Waals surface area contributed by atoms with Gasteiger partial charge < -0.3 is 24.9 Å². The molecule has 0 bridgehead atoms. The lowest BCUT2D eigenvalue weighted by atomic mass is 9.98. The average molecular weight is 486 g/mol. The van der Waals surface area contributed by atoms with Gasteiger partial charge in [-0.25, -0.2) is 4.39 Å². The number of nitrogens with one attached hydrogen (secondary N) is 2. The highest BCUT2D eigenvalue weighted by Crippen LogP contribution is 2.33. The zero-order valence-electron chi connectivity index (χ0n) is 19.9. The number of aromatic nitrogens is 2. The summed E-state index contributed by atoms with van der Waals surface area (Å²) in [6.45, 7) is 5.19. The average Bonchev–Trinajstić information content (AvgIpc) is 3.27. The Labute approximate surface area is 205 Å². The molecular weight excluding hydrogens is 461 g/mol. The van der Waals surface area contributed by atoms with Gasteiger partial charge in [0, 0.05) is 11.3 Å². The molecule has 8 heteroatoms. The number of phenolic OH excluding ortho intramolecular Hbond substituents is 1. The topological polar surface area (TPSA) is 107 Å². The molecule has 3 aromatic carbocycles. The molecule has 0 saturated heterocycles. The molecule has 2 aromatic heterocycles. The van der Waals surface area contributed by atoms with Crippen LogP contribution in [0.4, 0.5) is 10.1 Å². The van der Waals surface area contributed by atoms with Crippen molar-refractivity contribution in [3.8, 4) is 17.0 Å². The summed E-state index contributed by atoms with van der Waals surface area (Å²) in [6, 6.07) is 18.1. The van der Waals surface area contributed by atoms with E-state index in [-0.39, 0.29) is 11.1 Å². The Morgan fingerprint density at radius 3 is 2.50 bits per heavy atom. The maximum Gasteiger partial charge on any atom is 0.272 e. The smallest absolute Gasteiger partial charge is 0.272 e. The largest absolute Gasteiger partial charge is 0.504 e. The van der Waals surface area contributed by atoms with Gasteiger partial charge in [-0.2, -0.15) is 0 Å². The number of rotatable bonds is 4. The molecule has 1 amide bonds. The van der Waals surface area contributed by atoms with Crippen molar-refractivity contribution in [1.82, 2.24) is 9.38 Å². The summed E-state index contributed by atoms with van der Waals surface area (Å²) in [6.07, 6.45) is 0. The van der Waals surface area contributed by atoms with Crippen molar-refractivity contribution >= 4 is 28.1 Å². The Balaban J connectivity index is 1.64. The predicted molar refractivity (Wildman–Crippen MR) is 137 cm³/mol. The van der Waals surface area contributed by atoms with Crippen LogP contribution in [0.3, 0.4) is 0 Å². The molecule has 0 aliphatic rings. The molecule has 2 heterocycles. The van der Waals surface area contributed by atoms with Crippen LogP contribution in [-0.2, 0) is 5.60 Å². The SMILES string of the molecule is Cc1c(NC(=O)c2cccc(F)c2O)cccc1-c1ccc2c(=O)[nH]c3cc(C(C)(C)O)ccc3n12. The third-order valence-electron chi connectivity index (χ3n) is 6.39. The minimum Gasteiger partial charge on any atom is -0.504 e. The van der Waals surface area contributed by atoms with Crippen LogP contribution < -0.4 is 10.9 Å². The number of anilines is 1. The normalized spacial score (nSPS) is 11.8. The maximum absolute atomic E-state index is 13.7. The summed E-state index contributed by atoms with van der Waals surface area (Å²) >= 11 is 0. The molecule has 0 spiro atoms. The quantitative estimate of drug-likeness (QED) is 0.285. The first kappa shape index (κ1) is 23.3. The Morgan fingerprint density at radius 2 is 1.75 bits per heavy atom. The van der Waals surface area contributed by atoms with Gasteiger partial charge >= 0.3 is 0 Å². The van der Waals surface area contributed by atoms with E-state index < -0.39 is 23.1 Å². The molecule has 0 radical (unpaired) electrons. The number of aromatic hydroxyl groups is 1. The van der Waals surface area contributed by atoms with Crippen molar-refractivity contribution in [3.05, 3.63) is 99.6 Å². The van der Waals surface area contributed by atoms with Crippen molar-refractivity contribution < 1.29 is 19.4 Å². The van der Waals surface area contributed by atoms with Crippen LogP contribution in [0.2, 0.25) is 0 Å². The maximum atomic E-state index is 13.7. The third-order valence-corrected chi connectivity index (χ3v) is 6.39. The highest BCUT2D eigenvalue weighted by Gasteiger charge is 2.20. The van der Waals surface area contributed by atoms with Crippen LogP contribution >= 0.6 is 0 Å². The van der Waals surface area contributed by atoms with Crippen LogP contribution in [0.25, 0.3) is 27.8 Å². The molecule has 0 fully saturated rings. The number of hydrogen-bond acceptors (Lipinski definition) is 4. The second-order valence-electron chi connectivity index (χ2n) is 9.25. The number of aliphatic hydroxyl groups is 1. The lowest BCUT2D eigenvalue weighted by Gasteiger charge is -2.19. The first-order valence-electron chi connectivity index (χ1n) is 11.4. The highest BCUT2D eigenvalue weighted by molar-refractivity contribution is 6.07. The Kier molecular flexibility index (Phi) is 5.41. The van der Waals surface area contributed by atoms with Crippen molar-refractivity contribution in [2.75, 3.05) is 5.32 Å². The van der Waals surface area contributed by atoms with Gasteiger partial charge in [0.05, 0.1) is 27.9 Å². The minimum atomic E-state index is -1.07. The Bertz CT molecular complexity index is 1730. The van der Waals surface area contributed by atoms with Crippen LogP contribution in [-0.4, -0.2) is 25.5 Å². The number of para-hydroxylation sites is 1. The lowest BCUT2D eigenvalue weighted by molar-refractivity contribution is 0.0787. The van der Waals surface area contributed by atoms with E-state index in [0.29, 0.717) is 22.3 Å². The number of carbonyl (C=O) groups is 1.